The molecule has 0 amide bonds. The number of ether oxygens (including phenoxy) is 2. The van der Waals surface area contributed by atoms with Gasteiger partial charge in [0, 0.05) is 12.1 Å². The Morgan fingerprint density at radius 3 is 2.80 bits per heavy atom. The van der Waals surface area contributed by atoms with Crippen LogP contribution < -0.4 is 25.3 Å². The van der Waals surface area contributed by atoms with Crippen molar-refractivity contribution in [3.63, 3.8) is 0 Å². The molecule has 0 atom stereocenters. The van der Waals surface area contributed by atoms with Gasteiger partial charge in [0.25, 0.3) is 0 Å². The molecule has 0 aliphatic rings. The number of hydrogen-bond acceptors (Lipinski definition) is 3. The summed E-state index contributed by atoms with van der Waals surface area (Å²) in [5.74, 6) is 1.46. The van der Waals surface area contributed by atoms with Crippen LogP contribution in [-0.2, 0) is 0 Å². The summed E-state index contributed by atoms with van der Waals surface area (Å²) in [7, 11) is 1.63. The lowest BCUT2D eigenvalue weighted by molar-refractivity contribution is -0.500. The minimum absolute atomic E-state index is 0.554. The predicted octanol–water partition coefficient (Wildman–Crippen LogP) is 0.383. The van der Waals surface area contributed by atoms with Crippen molar-refractivity contribution < 1.29 is 14.6 Å². The molecule has 3 N–H and O–H groups in total. The fourth-order valence-corrected chi connectivity index (χ4v) is 1.70. The second-order valence-electron chi connectivity index (χ2n) is 4.03. The van der Waals surface area contributed by atoms with E-state index < -0.39 is 0 Å². The summed E-state index contributed by atoms with van der Waals surface area (Å²) in [5.41, 5.74) is 3.82. The van der Waals surface area contributed by atoms with E-state index in [4.69, 9.17) is 21.7 Å². The lowest BCUT2D eigenvalue weighted by Crippen LogP contribution is -2.82. The highest BCUT2D eigenvalue weighted by atomic mass is 32.1. The summed E-state index contributed by atoms with van der Waals surface area (Å²) < 4.78 is 10.9. The van der Waals surface area contributed by atoms with E-state index in [2.05, 4.69) is 22.8 Å². The van der Waals surface area contributed by atoms with Crippen LogP contribution in [0.5, 0.6) is 11.5 Å². The summed E-state index contributed by atoms with van der Waals surface area (Å²) in [4.78, 5) is 0. The maximum absolute atomic E-state index is 5.60. The maximum atomic E-state index is 5.60. The van der Waals surface area contributed by atoms with E-state index in [1.54, 1.807) is 13.3 Å². The zero-order valence-electron chi connectivity index (χ0n) is 12.2. The molecule has 0 bridgehead atoms. The average molecular weight is 296 g/mol. The SMILES string of the molecule is CCCOc1ccc(C=[NH+]NC(=S)NCC)cc1OC. The first kappa shape index (κ1) is 16.2. The summed E-state index contributed by atoms with van der Waals surface area (Å²) in [6, 6.07) is 5.74. The minimum atomic E-state index is 0.554. The molecule has 6 heteroatoms. The molecular weight excluding hydrogens is 274 g/mol. The second kappa shape index (κ2) is 9.14. The van der Waals surface area contributed by atoms with E-state index >= 15 is 0 Å². The van der Waals surface area contributed by atoms with Gasteiger partial charge in [-0.1, -0.05) is 6.92 Å². The van der Waals surface area contributed by atoms with Crippen LogP contribution in [0, 0.1) is 0 Å². The van der Waals surface area contributed by atoms with Crippen LogP contribution in [0.1, 0.15) is 25.8 Å². The number of rotatable bonds is 7. The van der Waals surface area contributed by atoms with Gasteiger partial charge >= 0.3 is 0 Å². The minimum Gasteiger partial charge on any atom is -0.493 e. The Kier molecular flexibility index (Phi) is 7.42. The van der Waals surface area contributed by atoms with E-state index in [-0.39, 0.29) is 0 Å². The Balaban J connectivity index is 2.67. The molecule has 20 heavy (non-hydrogen) atoms. The molecule has 1 aromatic rings. The van der Waals surface area contributed by atoms with E-state index in [0.717, 1.165) is 24.3 Å². The molecule has 0 aliphatic heterocycles. The Hall–Kier alpha value is -1.82. The fourth-order valence-electron chi connectivity index (χ4n) is 1.49. The molecule has 0 heterocycles. The van der Waals surface area contributed by atoms with Gasteiger partial charge in [-0.05, 0) is 43.8 Å². The number of hydrogen-bond donors (Lipinski definition) is 3. The third-order valence-corrected chi connectivity index (χ3v) is 2.66. The molecule has 0 aliphatic carbocycles. The van der Waals surface area contributed by atoms with Crippen molar-refractivity contribution in [2.45, 2.75) is 20.3 Å². The fraction of sp³-hybridized carbons (Fsp3) is 0.429. The van der Waals surface area contributed by atoms with Crippen molar-refractivity contribution in [2.75, 3.05) is 20.3 Å². The highest BCUT2D eigenvalue weighted by molar-refractivity contribution is 7.80. The molecule has 0 saturated carbocycles. The monoisotopic (exact) mass is 296 g/mol. The summed E-state index contributed by atoms with van der Waals surface area (Å²) in [6.07, 6.45) is 2.76. The lowest BCUT2D eigenvalue weighted by atomic mass is 10.2. The zero-order valence-corrected chi connectivity index (χ0v) is 13.0. The maximum Gasteiger partial charge on any atom is 0.223 e. The summed E-state index contributed by atoms with van der Waals surface area (Å²) >= 11 is 5.04. The van der Waals surface area contributed by atoms with Crippen LogP contribution in [0.2, 0.25) is 0 Å². The van der Waals surface area contributed by atoms with E-state index in [1.807, 2.05) is 25.1 Å². The van der Waals surface area contributed by atoms with Gasteiger partial charge in [0.05, 0.1) is 13.7 Å². The Morgan fingerprint density at radius 2 is 2.15 bits per heavy atom. The number of nitrogens with one attached hydrogen (secondary N) is 3. The quantitative estimate of drug-likeness (QED) is 0.386. The molecule has 0 saturated heterocycles. The third-order valence-electron chi connectivity index (χ3n) is 2.41. The summed E-state index contributed by atoms with van der Waals surface area (Å²) in [6.45, 7) is 5.51. The lowest BCUT2D eigenvalue weighted by Gasteiger charge is -2.09. The number of thiocarbonyl (C=S) groups is 1. The van der Waals surface area contributed by atoms with Gasteiger partial charge in [0.1, 0.15) is 0 Å². The number of hydrazine groups is 1. The van der Waals surface area contributed by atoms with Gasteiger partial charge < -0.3 is 14.8 Å². The Morgan fingerprint density at radius 1 is 1.35 bits per heavy atom. The molecule has 0 fully saturated rings. The van der Waals surface area contributed by atoms with Crippen LogP contribution in [0.4, 0.5) is 0 Å². The topological polar surface area (TPSA) is 56.5 Å². The van der Waals surface area contributed by atoms with Crippen molar-refractivity contribution in [2.24, 2.45) is 0 Å². The zero-order chi connectivity index (χ0) is 14.8. The van der Waals surface area contributed by atoms with Gasteiger partial charge in [0.15, 0.2) is 17.7 Å². The second-order valence-corrected chi connectivity index (χ2v) is 4.44. The largest absolute Gasteiger partial charge is 0.493 e. The Labute approximate surface area is 125 Å². The van der Waals surface area contributed by atoms with Gasteiger partial charge in [-0.15, -0.1) is 10.5 Å². The normalized spacial score (nSPS) is 10.3. The van der Waals surface area contributed by atoms with Crippen LogP contribution in [0.25, 0.3) is 0 Å². The van der Waals surface area contributed by atoms with E-state index in [0.29, 0.717) is 17.5 Å². The van der Waals surface area contributed by atoms with Crippen molar-refractivity contribution in [1.29, 1.82) is 0 Å². The standard InChI is InChI=1S/C14H21N3O2S/c1-4-8-19-12-7-6-11(9-13(12)18-3)10-16-17-14(20)15-5-2/h6-7,9-10H,4-5,8H2,1-3H3,(H2,15,17,20)/p+1. The highest BCUT2D eigenvalue weighted by Crippen LogP contribution is 2.27. The van der Waals surface area contributed by atoms with E-state index in [9.17, 15) is 0 Å². The van der Waals surface area contributed by atoms with Crippen LogP contribution >= 0.6 is 12.2 Å². The first-order valence-electron chi connectivity index (χ1n) is 6.64. The number of benzene rings is 1. The molecular formula is C14H22N3O2S+. The molecule has 0 radical (unpaired) electrons. The number of methoxy groups -OCH3 is 1. The van der Waals surface area contributed by atoms with Crippen LogP contribution in [-0.4, -0.2) is 31.6 Å². The van der Waals surface area contributed by atoms with Crippen molar-refractivity contribution in [1.82, 2.24) is 10.7 Å². The van der Waals surface area contributed by atoms with Crippen molar-refractivity contribution >= 4 is 23.5 Å². The first-order valence-corrected chi connectivity index (χ1v) is 7.05. The number of hydrazone groups is 1. The highest BCUT2D eigenvalue weighted by Gasteiger charge is 2.05. The van der Waals surface area contributed by atoms with Crippen molar-refractivity contribution in [3.8, 4) is 11.5 Å². The summed E-state index contributed by atoms with van der Waals surface area (Å²) in [5, 5.41) is 6.46. The molecule has 0 unspecified atom stereocenters. The van der Waals surface area contributed by atoms with Gasteiger partial charge in [-0.3, -0.25) is 0 Å². The van der Waals surface area contributed by atoms with Crippen LogP contribution in [0.15, 0.2) is 18.2 Å². The Bertz CT molecular complexity index is 464. The third kappa shape index (κ3) is 5.44. The van der Waals surface area contributed by atoms with Gasteiger partial charge in [-0.2, -0.15) is 0 Å². The molecule has 1 rings (SSSR count). The predicted molar refractivity (Wildman–Crippen MR) is 84.3 cm³/mol. The smallest absolute Gasteiger partial charge is 0.223 e. The molecule has 1 aromatic carbocycles. The average Bonchev–Trinajstić information content (AvgIpc) is 2.46. The van der Waals surface area contributed by atoms with Crippen molar-refractivity contribution in [3.05, 3.63) is 23.8 Å². The van der Waals surface area contributed by atoms with Crippen LogP contribution in [0.3, 0.4) is 0 Å². The molecule has 0 aromatic heterocycles. The molecule has 5 nitrogen and oxygen atoms in total. The van der Waals surface area contributed by atoms with E-state index in [1.165, 1.54) is 0 Å². The van der Waals surface area contributed by atoms with Gasteiger partial charge in [0.2, 0.25) is 5.11 Å². The van der Waals surface area contributed by atoms with Gasteiger partial charge in [-0.25, -0.2) is 0 Å². The molecule has 0 spiro atoms. The first-order chi connectivity index (χ1) is 9.71. The molecule has 110 valence electrons.